The third-order valence-electron chi connectivity index (χ3n) is 7.01. The van der Waals surface area contributed by atoms with Crippen molar-refractivity contribution >= 4 is 23.6 Å². The van der Waals surface area contributed by atoms with Gasteiger partial charge in [-0.1, -0.05) is 55.7 Å². The summed E-state index contributed by atoms with van der Waals surface area (Å²) in [6.45, 7) is 0.270. The number of carbonyl (C=O) groups is 3. The van der Waals surface area contributed by atoms with Crippen LogP contribution in [0.1, 0.15) is 54.4 Å². The lowest BCUT2D eigenvalue weighted by Gasteiger charge is -2.31. The van der Waals surface area contributed by atoms with E-state index in [0.717, 1.165) is 43.2 Å². The summed E-state index contributed by atoms with van der Waals surface area (Å²) in [6, 6.07) is 15.2. The summed E-state index contributed by atoms with van der Waals surface area (Å²) in [7, 11) is 3.20. The standard InChI is InChI=1S/C29H36N6O3/c1-35(2)29(38)24(16-19-12-14-23(15-13-19)26(31)32)27(36)34-25(22-6-4-3-5-7-22)28(37)33-18-21-10-8-20(17-30)9-11-21/h8-15,22,24-25H,3-7,16,18H2,1-2H3,(H3,31,32)(H,33,37)(H,34,36)/t24?,25-/m0/s1. The van der Waals surface area contributed by atoms with Crippen molar-refractivity contribution in [3.63, 3.8) is 0 Å². The Bertz CT molecular complexity index is 1180. The van der Waals surface area contributed by atoms with Gasteiger partial charge in [0.15, 0.2) is 0 Å². The van der Waals surface area contributed by atoms with Gasteiger partial charge in [0.05, 0.1) is 11.6 Å². The van der Waals surface area contributed by atoms with Crippen LogP contribution < -0.4 is 16.4 Å². The van der Waals surface area contributed by atoms with E-state index in [1.807, 2.05) is 0 Å². The third-order valence-corrected chi connectivity index (χ3v) is 7.01. The molecule has 9 heteroatoms. The van der Waals surface area contributed by atoms with Crippen LogP contribution in [0.25, 0.3) is 0 Å². The van der Waals surface area contributed by atoms with Crippen LogP contribution in [0.3, 0.4) is 0 Å². The first-order valence-electron chi connectivity index (χ1n) is 12.9. The molecule has 0 heterocycles. The Morgan fingerprint density at radius 2 is 1.61 bits per heavy atom. The number of nitrogens with two attached hydrogens (primary N) is 1. The predicted octanol–water partition coefficient (Wildman–Crippen LogP) is 2.47. The summed E-state index contributed by atoms with van der Waals surface area (Å²) in [5.41, 5.74) is 8.24. The Labute approximate surface area is 223 Å². The fourth-order valence-corrected chi connectivity index (χ4v) is 4.78. The molecule has 5 N–H and O–H groups in total. The Balaban J connectivity index is 1.77. The molecule has 9 nitrogen and oxygen atoms in total. The molecule has 3 rings (SSSR count). The van der Waals surface area contributed by atoms with Crippen molar-refractivity contribution < 1.29 is 14.4 Å². The van der Waals surface area contributed by atoms with Crippen LogP contribution in [0, 0.1) is 28.6 Å². The van der Waals surface area contributed by atoms with Gasteiger partial charge in [0.2, 0.25) is 17.7 Å². The van der Waals surface area contributed by atoms with Gasteiger partial charge in [0.25, 0.3) is 0 Å². The van der Waals surface area contributed by atoms with Crippen molar-refractivity contribution in [3.05, 3.63) is 70.8 Å². The molecule has 2 aromatic rings. The van der Waals surface area contributed by atoms with Gasteiger partial charge in [-0.05, 0) is 48.4 Å². The molecule has 38 heavy (non-hydrogen) atoms. The van der Waals surface area contributed by atoms with Crippen LogP contribution >= 0.6 is 0 Å². The van der Waals surface area contributed by atoms with Gasteiger partial charge in [-0.15, -0.1) is 0 Å². The van der Waals surface area contributed by atoms with Crippen LogP contribution in [0.15, 0.2) is 48.5 Å². The molecule has 0 bridgehead atoms. The lowest BCUT2D eigenvalue weighted by Crippen LogP contribution is -2.54. The topological polar surface area (TPSA) is 152 Å². The van der Waals surface area contributed by atoms with E-state index in [-0.39, 0.29) is 36.5 Å². The number of carbonyl (C=O) groups excluding carboxylic acids is 3. The first kappa shape index (κ1) is 28.4. The van der Waals surface area contributed by atoms with Crippen LogP contribution in [0.2, 0.25) is 0 Å². The second kappa shape index (κ2) is 13.4. The molecule has 0 spiro atoms. The maximum atomic E-state index is 13.5. The summed E-state index contributed by atoms with van der Waals surface area (Å²) < 4.78 is 0. The highest BCUT2D eigenvalue weighted by molar-refractivity contribution is 6.02. The van der Waals surface area contributed by atoms with Gasteiger partial charge < -0.3 is 21.3 Å². The molecular weight excluding hydrogens is 480 g/mol. The van der Waals surface area contributed by atoms with Gasteiger partial charge in [0.1, 0.15) is 17.8 Å². The monoisotopic (exact) mass is 516 g/mol. The molecule has 1 unspecified atom stereocenters. The first-order valence-corrected chi connectivity index (χ1v) is 12.9. The predicted molar refractivity (Wildman–Crippen MR) is 145 cm³/mol. The number of nitrogen functional groups attached to an aromatic ring is 1. The molecule has 2 aromatic carbocycles. The second-order valence-electron chi connectivity index (χ2n) is 10.0. The number of benzene rings is 2. The maximum absolute atomic E-state index is 13.5. The highest BCUT2D eigenvalue weighted by atomic mass is 16.2. The molecule has 1 saturated carbocycles. The zero-order valence-electron chi connectivity index (χ0n) is 22.0. The van der Waals surface area contributed by atoms with Crippen molar-refractivity contribution in [3.8, 4) is 6.07 Å². The van der Waals surface area contributed by atoms with E-state index in [2.05, 4.69) is 16.7 Å². The molecule has 200 valence electrons. The fourth-order valence-electron chi connectivity index (χ4n) is 4.78. The second-order valence-corrected chi connectivity index (χ2v) is 10.0. The van der Waals surface area contributed by atoms with E-state index in [0.29, 0.717) is 11.1 Å². The Kier molecular flexibility index (Phi) is 9.99. The van der Waals surface area contributed by atoms with Crippen molar-refractivity contribution in [1.29, 1.82) is 10.7 Å². The van der Waals surface area contributed by atoms with Gasteiger partial charge in [0, 0.05) is 26.2 Å². The molecule has 0 aromatic heterocycles. The Morgan fingerprint density at radius 3 is 2.16 bits per heavy atom. The van der Waals surface area contributed by atoms with Gasteiger partial charge in [-0.25, -0.2) is 0 Å². The number of hydrogen-bond donors (Lipinski definition) is 4. The molecule has 1 aliphatic carbocycles. The minimum Gasteiger partial charge on any atom is -0.384 e. The number of hydrogen-bond acceptors (Lipinski definition) is 5. The normalized spacial score (nSPS) is 15.0. The number of amidine groups is 1. The highest BCUT2D eigenvalue weighted by Crippen LogP contribution is 2.27. The SMILES string of the molecule is CN(C)C(=O)C(Cc1ccc(C(=N)N)cc1)C(=O)N[C@H](C(=O)NCc1ccc(C#N)cc1)C1CCCCC1. The number of rotatable bonds is 10. The highest BCUT2D eigenvalue weighted by Gasteiger charge is 2.35. The van der Waals surface area contributed by atoms with E-state index in [4.69, 9.17) is 16.4 Å². The zero-order chi connectivity index (χ0) is 27.7. The molecule has 0 radical (unpaired) electrons. The largest absolute Gasteiger partial charge is 0.384 e. The first-order chi connectivity index (χ1) is 18.2. The Hall–Kier alpha value is -4.19. The molecule has 1 aliphatic rings. The molecule has 1 fully saturated rings. The number of amides is 3. The summed E-state index contributed by atoms with van der Waals surface area (Å²) in [5.74, 6) is -2.19. The van der Waals surface area contributed by atoms with Crippen molar-refractivity contribution in [2.45, 2.75) is 51.1 Å². The summed E-state index contributed by atoms with van der Waals surface area (Å²) in [4.78, 5) is 41.3. The van der Waals surface area contributed by atoms with E-state index < -0.39 is 17.9 Å². The molecule has 2 atom stereocenters. The van der Waals surface area contributed by atoms with Crippen molar-refractivity contribution in [2.24, 2.45) is 17.6 Å². The smallest absolute Gasteiger partial charge is 0.243 e. The number of nitrogens with zero attached hydrogens (tertiary/aromatic N) is 2. The lowest BCUT2D eigenvalue weighted by atomic mass is 9.83. The van der Waals surface area contributed by atoms with Crippen LogP contribution in [-0.4, -0.2) is 48.6 Å². The maximum Gasteiger partial charge on any atom is 0.243 e. The summed E-state index contributed by atoms with van der Waals surface area (Å²) in [6.07, 6.45) is 4.89. The number of nitrogens with one attached hydrogen (secondary N) is 3. The quantitative estimate of drug-likeness (QED) is 0.217. The van der Waals surface area contributed by atoms with E-state index in [1.54, 1.807) is 62.6 Å². The summed E-state index contributed by atoms with van der Waals surface area (Å²) in [5, 5.41) is 22.4. The van der Waals surface area contributed by atoms with E-state index in [1.165, 1.54) is 4.90 Å². The van der Waals surface area contributed by atoms with Gasteiger partial charge in [-0.2, -0.15) is 5.26 Å². The van der Waals surface area contributed by atoms with Gasteiger partial charge >= 0.3 is 0 Å². The third kappa shape index (κ3) is 7.65. The molecule has 3 amide bonds. The molecular formula is C29H36N6O3. The van der Waals surface area contributed by atoms with Crippen molar-refractivity contribution in [2.75, 3.05) is 14.1 Å². The lowest BCUT2D eigenvalue weighted by molar-refractivity contribution is -0.142. The minimum atomic E-state index is -1.01. The molecule has 0 saturated heterocycles. The van der Waals surface area contributed by atoms with Gasteiger partial charge in [-0.3, -0.25) is 19.8 Å². The van der Waals surface area contributed by atoms with Crippen LogP contribution in [0.5, 0.6) is 0 Å². The van der Waals surface area contributed by atoms with Crippen molar-refractivity contribution in [1.82, 2.24) is 15.5 Å². The van der Waals surface area contributed by atoms with Crippen LogP contribution in [0.4, 0.5) is 0 Å². The summed E-state index contributed by atoms with van der Waals surface area (Å²) >= 11 is 0. The average Bonchev–Trinajstić information content (AvgIpc) is 2.93. The van der Waals surface area contributed by atoms with E-state index >= 15 is 0 Å². The Morgan fingerprint density at radius 1 is 1.00 bits per heavy atom. The fraction of sp³-hybridized carbons (Fsp3) is 0.414. The molecule has 0 aliphatic heterocycles. The van der Waals surface area contributed by atoms with Crippen LogP contribution in [-0.2, 0) is 27.3 Å². The average molecular weight is 517 g/mol. The minimum absolute atomic E-state index is 0.0152. The van der Waals surface area contributed by atoms with E-state index in [9.17, 15) is 14.4 Å². The zero-order valence-corrected chi connectivity index (χ0v) is 22.0. The number of nitriles is 1.